The van der Waals surface area contributed by atoms with Gasteiger partial charge in [0.15, 0.2) is 0 Å². The molecule has 2 aromatic rings. The van der Waals surface area contributed by atoms with E-state index in [9.17, 15) is 22.0 Å². The number of benzene rings is 2. The first-order valence-corrected chi connectivity index (χ1v) is 9.82. The topological polar surface area (TPSA) is 84.5 Å². The van der Waals surface area contributed by atoms with E-state index in [1.165, 1.54) is 30.3 Å². The lowest BCUT2D eigenvalue weighted by molar-refractivity contribution is 0.102. The van der Waals surface area contributed by atoms with Crippen LogP contribution in [0.1, 0.15) is 23.2 Å². The molecule has 1 saturated heterocycles. The predicted molar refractivity (Wildman–Crippen MR) is 94.9 cm³/mol. The van der Waals surface area contributed by atoms with Crippen molar-refractivity contribution in [3.63, 3.8) is 0 Å². The average molecular weight is 396 g/mol. The predicted octanol–water partition coefficient (Wildman–Crippen LogP) is 2.67. The van der Waals surface area contributed by atoms with E-state index >= 15 is 0 Å². The minimum absolute atomic E-state index is 0.0193. The summed E-state index contributed by atoms with van der Waals surface area (Å²) in [4.78, 5) is 12.1. The Balaban J connectivity index is 1.68. The highest BCUT2D eigenvalue weighted by Crippen LogP contribution is 2.20. The Morgan fingerprint density at radius 1 is 1.11 bits per heavy atom. The molecule has 1 aliphatic heterocycles. The Morgan fingerprint density at radius 2 is 1.78 bits per heavy atom. The maximum atomic E-state index is 13.6. The van der Waals surface area contributed by atoms with Gasteiger partial charge in [-0.25, -0.2) is 21.9 Å². The third kappa shape index (κ3) is 4.68. The first-order valence-electron chi connectivity index (χ1n) is 8.33. The molecule has 0 aliphatic carbocycles. The molecule has 2 N–H and O–H groups in total. The minimum Gasteiger partial charge on any atom is -0.377 e. The van der Waals surface area contributed by atoms with E-state index in [4.69, 9.17) is 4.74 Å². The van der Waals surface area contributed by atoms with Crippen LogP contribution in [0, 0.1) is 11.6 Å². The highest BCUT2D eigenvalue weighted by molar-refractivity contribution is 7.89. The molecule has 1 amide bonds. The smallest absolute Gasteiger partial charge is 0.255 e. The van der Waals surface area contributed by atoms with Crippen molar-refractivity contribution in [3.8, 4) is 0 Å². The van der Waals surface area contributed by atoms with Crippen molar-refractivity contribution in [3.05, 3.63) is 59.7 Å². The molecule has 9 heteroatoms. The van der Waals surface area contributed by atoms with Gasteiger partial charge in [-0.2, -0.15) is 0 Å². The summed E-state index contributed by atoms with van der Waals surface area (Å²) in [5.74, 6) is -2.56. The average Bonchev–Trinajstić information content (AvgIpc) is 3.17. The molecule has 1 atom stereocenters. The molecule has 1 fully saturated rings. The monoisotopic (exact) mass is 396 g/mol. The molecule has 0 bridgehead atoms. The SMILES string of the molecule is O=C(Nc1c(F)cccc1F)c1ccc(S(=O)(=O)NCC2CCCO2)cc1. The molecular weight excluding hydrogens is 378 g/mol. The zero-order valence-electron chi connectivity index (χ0n) is 14.2. The molecule has 1 aliphatic rings. The number of nitrogens with one attached hydrogen (secondary N) is 2. The van der Waals surface area contributed by atoms with Crippen LogP contribution in [0.4, 0.5) is 14.5 Å². The molecule has 3 rings (SSSR count). The minimum atomic E-state index is -3.74. The number of carbonyl (C=O) groups is 1. The van der Waals surface area contributed by atoms with Crippen LogP contribution in [0.15, 0.2) is 47.4 Å². The number of halogens is 2. The fourth-order valence-corrected chi connectivity index (χ4v) is 3.75. The lowest BCUT2D eigenvalue weighted by atomic mass is 10.2. The van der Waals surface area contributed by atoms with Crippen LogP contribution in [-0.2, 0) is 14.8 Å². The third-order valence-corrected chi connectivity index (χ3v) is 5.59. The van der Waals surface area contributed by atoms with Crippen molar-refractivity contribution in [1.29, 1.82) is 0 Å². The Kier molecular flexibility index (Phi) is 5.83. The maximum absolute atomic E-state index is 13.6. The molecule has 0 spiro atoms. The molecule has 0 saturated carbocycles. The van der Waals surface area contributed by atoms with E-state index in [-0.39, 0.29) is 23.1 Å². The number of amides is 1. The van der Waals surface area contributed by atoms with Gasteiger partial charge < -0.3 is 10.1 Å². The second kappa shape index (κ2) is 8.12. The van der Waals surface area contributed by atoms with Gasteiger partial charge in [0, 0.05) is 18.7 Å². The number of para-hydroxylation sites is 1. The molecule has 0 aromatic heterocycles. The van der Waals surface area contributed by atoms with Gasteiger partial charge >= 0.3 is 0 Å². The zero-order valence-corrected chi connectivity index (χ0v) is 15.1. The lowest BCUT2D eigenvalue weighted by Crippen LogP contribution is -2.31. The second-order valence-corrected chi connectivity index (χ2v) is 7.83. The third-order valence-electron chi connectivity index (χ3n) is 4.15. The quantitative estimate of drug-likeness (QED) is 0.786. The number of ether oxygens (including phenoxy) is 1. The van der Waals surface area contributed by atoms with E-state index in [0.29, 0.717) is 6.61 Å². The largest absolute Gasteiger partial charge is 0.377 e. The van der Waals surface area contributed by atoms with E-state index < -0.39 is 33.3 Å². The lowest BCUT2D eigenvalue weighted by Gasteiger charge is -2.12. The van der Waals surface area contributed by atoms with Gasteiger partial charge in [0.1, 0.15) is 17.3 Å². The summed E-state index contributed by atoms with van der Waals surface area (Å²) >= 11 is 0. The van der Waals surface area contributed by atoms with Gasteiger partial charge in [0.25, 0.3) is 5.91 Å². The standard InChI is InChI=1S/C18H18F2N2O4S/c19-15-4-1-5-16(20)17(15)22-18(23)12-6-8-14(9-7-12)27(24,25)21-11-13-3-2-10-26-13/h1,4-9,13,21H,2-3,10-11H2,(H,22,23). The summed E-state index contributed by atoms with van der Waals surface area (Å²) in [5.41, 5.74) is -0.492. The van der Waals surface area contributed by atoms with Crippen LogP contribution < -0.4 is 10.0 Å². The Morgan fingerprint density at radius 3 is 2.37 bits per heavy atom. The molecule has 0 radical (unpaired) electrons. The highest BCUT2D eigenvalue weighted by atomic mass is 32.2. The van der Waals surface area contributed by atoms with Crippen LogP contribution >= 0.6 is 0 Å². The Bertz CT molecular complexity index is 907. The molecule has 144 valence electrons. The number of hydrogen-bond acceptors (Lipinski definition) is 4. The summed E-state index contributed by atoms with van der Waals surface area (Å²) in [5, 5.41) is 2.14. The van der Waals surface area contributed by atoms with Gasteiger partial charge in [-0.15, -0.1) is 0 Å². The van der Waals surface area contributed by atoms with Crippen LogP contribution in [0.25, 0.3) is 0 Å². The van der Waals surface area contributed by atoms with Crippen LogP contribution in [0.5, 0.6) is 0 Å². The molecule has 2 aromatic carbocycles. The van der Waals surface area contributed by atoms with Gasteiger partial charge in [-0.1, -0.05) is 6.07 Å². The summed E-state index contributed by atoms with van der Waals surface area (Å²) in [6.07, 6.45) is 1.56. The normalized spacial score (nSPS) is 17.0. The van der Waals surface area contributed by atoms with E-state index in [1.807, 2.05) is 0 Å². The van der Waals surface area contributed by atoms with Crippen LogP contribution in [0.2, 0.25) is 0 Å². The summed E-state index contributed by atoms with van der Waals surface area (Å²) in [7, 11) is -3.74. The van der Waals surface area contributed by atoms with Crippen molar-refractivity contribution < 1.29 is 26.7 Å². The number of carbonyl (C=O) groups excluding carboxylic acids is 1. The number of hydrogen-bond donors (Lipinski definition) is 2. The number of anilines is 1. The molecule has 1 heterocycles. The summed E-state index contributed by atoms with van der Waals surface area (Å²) < 4.78 is 59.6. The maximum Gasteiger partial charge on any atom is 0.255 e. The van der Waals surface area contributed by atoms with Crippen molar-refractivity contribution in [2.45, 2.75) is 23.8 Å². The van der Waals surface area contributed by atoms with E-state index in [2.05, 4.69) is 10.0 Å². The fourth-order valence-electron chi connectivity index (χ4n) is 2.68. The summed E-state index contributed by atoms with van der Waals surface area (Å²) in [6, 6.07) is 8.28. The molecule has 1 unspecified atom stereocenters. The Hall–Kier alpha value is -2.36. The molecular formula is C18H18F2N2O4S. The number of rotatable bonds is 6. The Labute approximate surface area is 155 Å². The summed E-state index contributed by atoms with van der Waals surface area (Å²) in [6.45, 7) is 0.802. The van der Waals surface area contributed by atoms with Crippen molar-refractivity contribution >= 4 is 21.6 Å². The first kappa shape index (κ1) is 19.4. The van der Waals surface area contributed by atoms with Gasteiger partial charge in [-0.3, -0.25) is 4.79 Å². The van der Waals surface area contributed by atoms with Crippen molar-refractivity contribution in [2.24, 2.45) is 0 Å². The van der Waals surface area contributed by atoms with Crippen LogP contribution in [-0.4, -0.2) is 33.6 Å². The zero-order chi connectivity index (χ0) is 19.4. The second-order valence-electron chi connectivity index (χ2n) is 6.06. The van der Waals surface area contributed by atoms with Gasteiger partial charge in [-0.05, 0) is 49.2 Å². The van der Waals surface area contributed by atoms with Crippen molar-refractivity contribution in [2.75, 3.05) is 18.5 Å². The van der Waals surface area contributed by atoms with Gasteiger partial charge in [0.2, 0.25) is 10.0 Å². The highest BCUT2D eigenvalue weighted by Gasteiger charge is 2.21. The van der Waals surface area contributed by atoms with E-state index in [0.717, 1.165) is 25.0 Å². The molecule has 27 heavy (non-hydrogen) atoms. The molecule has 6 nitrogen and oxygen atoms in total. The van der Waals surface area contributed by atoms with Gasteiger partial charge in [0.05, 0.1) is 11.0 Å². The van der Waals surface area contributed by atoms with Crippen molar-refractivity contribution in [1.82, 2.24) is 4.72 Å². The van der Waals surface area contributed by atoms with E-state index in [1.54, 1.807) is 0 Å². The fraction of sp³-hybridized carbons (Fsp3) is 0.278. The first-order chi connectivity index (χ1) is 12.9. The van der Waals surface area contributed by atoms with Crippen LogP contribution in [0.3, 0.4) is 0 Å². The number of sulfonamides is 1.